The van der Waals surface area contributed by atoms with Gasteiger partial charge in [0.15, 0.2) is 11.2 Å². The Morgan fingerprint density at radius 2 is 1.11 bits per heavy atom. The fraction of sp³-hybridized carbons (Fsp3) is 0. The first-order valence-corrected chi connectivity index (χ1v) is 15.0. The number of pyridine rings is 2. The van der Waals surface area contributed by atoms with Gasteiger partial charge in [0.1, 0.15) is 28.0 Å². The van der Waals surface area contributed by atoms with Crippen molar-refractivity contribution in [3.8, 4) is 0 Å². The van der Waals surface area contributed by atoms with E-state index in [-0.39, 0.29) is 0 Å². The topological polar surface area (TPSA) is 55.3 Å². The molecule has 0 fully saturated rings. The van der Waals surface area contributed by atoms with Gasteiger partial charge in [0.05, 0.1) is 17.6 Å². The van der Waals surface area contributed by atoms with Crippen LogP contribution in [-0.2, 0) is 0 Å². The van der Waals surface area contributed by atoms with Crippen LogP contribution in [0.2, 0.25) is 0 Å². The van der Waals surface area contributed by atoms with E-state index in [9.17, 15) is 0 Å². The first-order chi connectivity index (χ1) is 22.3. The summed E-state index contributed by atoms with van der Waals surface area (Å²) in [5, 5.41) is 9.12. The number of hydrogen-bond donors (Lipinski definition) is 0. The van der Waals surface area contributed by atoms with Crippen molar-refractivity contribution in [1.82, 2.24) is 9.97 Å². The number of nitrogens with zero attached hydrogens (tertiary/aromatic N) is 3. The van der Waals surface area contributed by atoms with Crippen LogP contribution >= 0.6 is 0 Å². The van der Waals surface area contributed by atoms with E-state index in [0.717, 1.165) is 72.1 Å². The van der Waals surface area contributed by atoms with Gasteiger partial charge in [-0.3, -0.25) is 4.90 Å². The van der Waals surface area contributed by atoms with Crippen molar-refractivity contribution in [3.05, 3.63) is 140 Å². The fourth-order valence-electron chi connectivity index (χ4n) is 6.85. The van der Waals surface area contributed by atoms with E-state index in [1.165, 1.54) is 21.5 Å². The van der Waals surface area contributed by atoms with Gasteiger partial charge >= 0.3 is 0 Å². The first-order valence-electron chi connectivity index (χ1n) is 15.0. The molecule has 0 unspecified atom stereocenters. The Hall–Kier alpha value is -6.20. The molecule has 210 valence electrons. The molecule has 10 rings (SSSR count). The van der Waals surface area contributed by atoms with Gasteiger partial charge in [-0.1, -0.05) is 84.9 Å². The SMILES string of the molecule is c1ccc2c(c1)ccc1cc(N(c3cnc4c(c3)oc3ccccc34)c3ccc4oc5ccccc5c4n3)c3ccccc3c12. The molecule has 5 heteroatoms. The Kier molecular flexibility index (Phi) is 4.93. The molecule has 0 aliphatic carbocycles. The summed E-state index contributed by atoms with van der Waals surface area (Å²) in [6.45, 7) is 0. The molecule has 5 nitrogen and oxygen atoms in total. The second-order valence-electron chi connectivity index (χ2n) is 11.4. The molecule has 10 aromatic rings. The molecule has 0 bridgehead atoms. The van der Waals surface area contributed by atoms with E-state index in [2.05, 4.69) is 83.8 Å². The molecular formula is C40H23N3O2. The Bertz CT molecular complexity index is 2790. The molecule has 0 saturated heterocycles. The summed E-state index contributed by atoms with van der Waals surface area (Å²) in [5.74, 6) is 0.761. The van der Waals surface area contributed by atoms with E-state index in [0.29, 0.717) is 0 Å². The van der Waals surface area contributed by atoms with Gasteiger partial charge in [-0.05, 0) is 69.4 Å². The maximum absolute atomic E-state index is 6.31. The van der Waals surface area contributed by atoms with E-state index in [1.54, 1.807) is 0 Å². The number of furan rings is 2. The van der Waals surface area contributed by atoms with Crippen LogP contribution in [0.3, 0.4) is 0 Å². The monoisotopic (exact) mass is 577 g/mol. The highest BCUT2D eigenvalue weighted by atomic mass is 16.3. The third kappa shape index (κ3) is 3.55. The number of para-hydroxylation sites is 2. The quantitative estimate of drug-likeness (QED) is 0.196. The minimum Gasteiger partial charge on any atom is -0.454 e. The van der Waals surface area contributed by atoms with Crippen LogP contribution in [0.5, 0.6) is 0 Å². The molecule has 0 atom stereocenters. The van der Waals surface area contributed by atoms with Gasteiger partial charge in [-0.25, -0.2) is 9.97 Å². The molecule has 4 aromatic heterocycles. The summed E-state index contributed by atoms with van der Waals surface area (Å²) in [6, 6.07) is 46.1. The zero-order chi connectivity index (χ0) is 29.5. The summed E-state index contributed by atoms with van der Waals surface area (Å²) in [6.07, 6.45) is 1.92. The molecule has 0 spiro atoms. The highest BCUT2D eigenvalue weighted by Crippen LogP contribution is 2.44. The zero-order valence-electron chi connectivity index (χ0n) is 23.9. The predicted molar refractivity (Wildman–Crippen MR) is 184 cm³/mol. The second kappa shape index (κ2) is 9.15. The van der Waals surface area contributed by atoms with Gasteiger partial charge in [-0.15, -0.1) is 0 Å². The number of rotatable bonds is 3. The molecule has 4 heterocycles. The van der Waals surface area contributed by atoms with E-state index >= 15 is 0 Å². The Morgan fingerprint density at radius 1 is 0.467 bits per heavy atom. The lowest BCUT2D eigenvalue weighted by molar-refractivity contribution is 0.667. The van der Waals surface area contributed by atoms with Crippen molar-refractivity contribution in [2.24, 2.45) is 0 Å². The summed E-state index contributed by atoms with van der Waals surface area (Å²) in [7, 11) is 0. The fourth-order valence-corrected chi connectivity index (χ4v) is 6.85. The minimum atomic E-state index is 0.727. The van der Waals surface area contributed by atoms with Crippen LogP contribution in [0.4, 0.5) is 17.2 Å². The Balaban J connectivity index is 1.30. The minimum absolute atomic E-state index is 0.727. The standard InChI is InChI=1S/C40H23N3O2/c1-2-10-27-24(9-1)17-18-25-21-32(28-11-3-4-12-29(28)38(25)27)43(26-22-36-39(41-23-26)30-13-5-7-15-33(30)45-36)37-20-19-35-40(42-37)31-14-6-8-16-34(31)44-35/h1-23H. The van der Waals surface area contributed by atoms with Crippen molar-refractivity contribution in [2.75, 3.05) is 4.90 Å². The Morgan fingerprint density at radius 3 is 1.93 bits per heavy atom. The largest absolute Gasteiger partial charge is 0.454 e. The summed E-state index contributed by atoms with van der Waals surface area (Å²) in [4.78, 5) is 12.4. The molecule has 0 aliphatic rings. The Labute approximate surface area is 256 Å². The molecule has 0 saturated carbocycles. The van der Waals surface area contributed by atoms with Gasteiger partial charge in [-0.2, -0.15) is 0 Å². The third-order valence-electron chi connectivity index (χ3n) is 8.86. The van der Waals surface area contributed by atoms with Crippen molar-refractivity contribution >= 4 is 93.6 Å². The molecule has 0 aliphatic heterocycles. The lowest BCUT2D eigenvalue weighted by atomic mass is 9.95. The molecule has 0 amide bonds. The normalized spacial score (nSPS) is 12.0. The highest BCUT2D eigenvalue weighted by molar-refractivity contribution is 6.23. The number of anilines is 3. The summed E-state index contributed by atoms with van der Waals surface area (Å²) >= 11 is 0. The maximum atomic E-state index is 6.31. The van der Waals surface area contributed by atoms with Crippen LogP contribution in [0.1, 0.15) is 0 Å². The zero-order valence-corrected chi connectivity index (χ0v) is 23.9. The number of benzene rings is 6. The maximum Gasteiger partial charge on any atom is 0.155 e. The summed E-state index contributed by atoms with van der Waals surface area (Å²) in [5.41, 5.74) is 6.63. The van der Waals surface area contributed by atoms with Gasteiger partial charge in [0.25, 0.3) is 0 Å². The second-order valence-corrected chi connectivity index (χ2v) is 11.4. The first kappa shape index (κ1) is 24.3. The van der Waals surface area contributed by atoms with Crippen LogP contribution in [-0.4, -0.2) is 9.97 Å². The van der Waals surface area contributed by atoms with Crippen molar-refractivity contribution < 1.29 is 8.83 Å². The van der Waals surface area contributed by atoms with Crippen LogP contribution < -0.4 is 4.90 Å². The molecule has 0 N–H and O–H groups in total. The molecular weight excluding hydrogens is 554 g/mol. The lowest BCUT2D eigenvalue weighted by Crippen LogP contribution is -2.12. The molecule has 0 radical (unpaired) electrons. The van der Waals surface area contributed by atoms with E-state index in [4.69, 9.17) is 18.8 Å². The molecule has 45 heavy (non-hydrogen) atoms. The van der Waals surface area contributed by atoms with Gasteiger partial charge in [0, 0.05) is 22.2 Å². The van der Waals surface area contributed by atoms with Gasteiger partial charge < -0.3 is 8.83 Å². The average molecular weight is 578 g/mol. The number of fused-ring (bicyclic) bond motifs is 11. The smallest absolute Gasteiger partial charge is 0.155 e. The lowest BCUT2D eigenvalue weighted by Gasteiger charge is -2.26. The van der Waals surface area contributed by atoms with Gasteiger partial charge in [0.2, 0.25) is 0 Å². The summed E-state index contributed by atoms with van der Waals surface area (Å²) < 4.78 is 12.5. The average Bonchev–Trinajstić information content (AvgIpc) is 3.66. The highest BCUT2D eigenvalue weighted by Gasteiger charge is 2.22. The van der Waals surface area contributed by atoms with Crippen molar-refractivity contribution in [1.29, 1.82) is 0 Å². The van der Waals surface area contributed by atoms with E-state index in [1.807, 2.05) is 60.8 Å². The third-order valence-corrected chi connectivity index (χ3v) is 8.86. The predicted octanol–water partition coefficient (Wildman–Crippen LogP) is 11.2. The molecule has 6 aromatic carbocycles. The van der Waals surface area contributed by atoms with E-state index < -0.39 is 0 Å². The van der Waals surface area contributed by atoms with Crippen LogP contribution in [0, 0.1) is 0 Å². The van der Waals surface area contributed by atoms with Crippen LogP contribution in [0.15, 0.2) is 148 Å². The van der Waals surface area contributed by atoms with Crippen molar-refractivity contribution in [3.63, 3.8) is 0 Å². The van der Waals surface area contributed by atoms with Crippen LogP contribution in [0.25, 0.3) is 76.5 Å². The number of hydrogen-bond acceptors (Lipinski definition) is 5. The number of aromatic nitrogens is 2. The van der Waals surface area contributed by atoms with Crippen molar-refractivity contribution in [2.45, 2.75) is 0 Å².